The summed E-state index contributed by atoms with van der Waals surface area (Å²) in [4.78, 5) is 5.76. The molecule has 0 saturated carbocycles. The Morgan fingerprint density at radius 3 is 2.58 bits per heavy atom. The Hall–Kier alpha value is -1.32. The second-order valence-electron chi connectivity index (χ2n) is 4.27. The highest BCUT2D eigenvalue weighted by molar-refractivity contribution is 6.31. The largest absolute Gasteiger partial charge is 0.350 e. The summed E-state index contributed by atoms with van der Waals surface area (Å²) >= 11 is 11.9. The van der Waals surface area contributed by atoms with Crippen LogP contribution < -0.4 is 4.90 Å². The second kappa shape index (κ2) is 5.76. The first-order chi connectivity index (χ1) is 9.00. The van der Waals surface area contributed by atoms with Gasteiger partial charge in [-0.1, -0.05) is 41.4 Å². The molecule has 2 rings (SSSR count). The first-order valence-corrected chi connectivity index (χ1v) is 6.54. The summed E-state index contributed by atoms with van der Waals surface area (Å²) in [7, 11) is 1.77. The van der Waals surface area contributed by atoms with Crippen LogP contribution in [0, 0.1) is 5.82 Å². The fraction of sp³-hybridized carbons (Fsp3) is 0.214. The van der Waals surface area contributed by atoms with E-state index in [1.807, 2.05) is 31.2 Å². The van der Waals surface area contributed by atoms with Crippen molar-refractivity contribution in [1.29, 1.82) is 0 Å². The van der Waals surface area contributed by atoms with E-state index in [2.05, 4.69) is 4.98 Å². The van der Waals surface area contributed by atoms with Gasteiger partial charge in [-0.25, -0.2) is 9.37 Å². The van der Waals surface area contributed by atoms with Crippen molar-refractivity contribution in [3.05, 3.63) is 58.0 Å². The molecule has 1 aromatic carbocycles. The van der Waals surface area contributed by atoms with Crippen molar-refractivity contribution in [1.82, 2.24) is 4.98 Å². The lowest BCUT2D eigenvalue weighted by Crippen LogP contribution is -2.24. The Morgan fingerprint density at radius 2 is 1.95 bits per heavy atom. The maximum absolute atomic E-state index is 13.9. The molecule has 0 amide bonds. The normalized spacial score (nSPS) is 12.3. The number of anilines is 1. The van der Waals surface area contributed by atoms with Gasteiger partial charge >= 0.3 is 0 Å². The average molecular weight is 299 g/mol. The number of nitrogens with zero attached hydrogens (tertiary/aromatic N) is 2. The summed E-state index contributed by atoms with van der Waals surface area (Å²) in [5.74, 6) is -0.203. The summed E-state index contributed by atoms with van der Waals surface area (Å²) < 4.78 is 13.9. The predicted molar refractivity (Wildman–Crippen MR) is 77.5 cm³/mol. The zero-order chi connectivity index (χ0) is 14.0. The summed E-state index contributed by atoms with van der Waals surface area (Å²) in [6, 6.07) is 8.64. The monoisotopic (exact) mass is 298 g/mol. The molecule has 0 spiro atoms. The SMILES string of the molecule is CC(c1ccccc1Cl)N(C)c1ncc(Cl)cc1F. The molecule has 0 N–H and O–H groups in total. The van der Waals surface area contributed by atoms with Crippen molar-refractivity contribution >= 4 is 29.0 Å². The fourth-order valence-corrected chi connectivity index (χ4v) is 2.31. The molecule has 0 saturated heterocycles. The summed E-state index contributed by atoms with van der Waals surface area (Å²) in [5.41, 5.74) is 0.919. The highest BCUT2D eigenvalue weighted by Gasteiger charge is 2.18. The van der Waals surface area contributed by atoms with Crippen molar-refractivity contribution in [3.8, 4) is 0 Å². The van der Waals surface area contributed by atoms with Gasteiger partial charge < -0.3 is 4.90 Å². The van der Waals surface area contributed by atoms with Gasteiger partial charge in [0, 0.05) is 18.3 Å². The van der Waals surface area contributed by atoms with Gasteiger partial charge in [-0.2, -0.15) is 0 Å². The van der Waals surface area contributed by atoms with Crippen LogP contribution in [0.3, 0.4) is 0 Å². The molecule has 19 heavy (non-hydrogen) atoms. The molecule has 0 bridgehead atoms. The van der Waals surface area contributed by atoms with E-state index in [0.717, 1.165) is 5.56 Å². The van der Waals surface area contributed by atoms with Gasteiger partial charge in [-0.05, 0) is 24.6 Å². The first-order valence-electron chi connectivity index (χ1n) is 5.79. The molecule has 100 valence electrons. The number of pyridine rings is 1. The highest BCUT2D eigenvalue weighted by atomic mass is 35.5. The third-order valence-corrected chi connectivity index (χ3v) is 3.61. The lowest BCUT2D eigenvalue weighted by atomic mass is 10.1. The second-order valence-corrected chi connectivity index (χ2v) is 5.11. The van der Waals surface area contributed by atoms with E-state index >= 15 is 0 Å². The van der Waals surface area contributed by atoms with Crippen molar-refractivity contribution in [2.24, 2.45) is 0 Å². The number of hydrogen-bond donors (Lipinski definition) is 0. The Bertz CT molecular complexity index is 589. The number of halogens is 3. The van der Waals surface area contributed by atoms with Crippen molar-refractivity contribution < 1.29 is 4.39 Å². The summed E-state index contributed by atoms with van der Waals surface area (Å²) in [5, 5.41) is 0.927. The number of hydrogen-bond acceptors (Lipinski definition) is 2. The van der Waals surface area contributed by atoms with E-state index in [4.69, 9.17) is 23.2 Å². The summed E-state index contributed by atoms with van der Waals surface area (Å²) in [6.45, 7) is 1.94. The van der Waals surface area contributed by atoms with E-state index in [-0.39, 0.29) is 16.9 Å². The van der Waals surface area contributed by atoms with Crippen molar-refractivity contribution in [2.45, 2.75) is 13.0 Å². The maximum atomic E-state index is 13.9. The molecule has 2 nitrogen and oxygen atoms in total. The third-order valence-electron chi connectivity index (χ3n) is 3.06. The molecular weight excluding hydrogens is 286 g/mol. The van der Waals surface area contributed by atoms with Crippen LogP contribution in [0.2, 0.25) is 10.0 Å². The van der Waals surface area contributed by atoms with E-state index in [9.17, 15) is 4.39 Å². The number of rotatable bonds is 3. The minimum Gasteiger partial charge on any atom is -0.350 e. The van der Waals surface area contributed by atoms with Gasteiger partial charge in [0.1, 0.15) is 0 Å². The van der Waals surface area contributed by atoms with Crippen LogP contribution in [0.5, 0.6) is 0 Å². The first kappa shape index (κ1) is 14.1. The zero-order valence-electron chi connectivity index (χ0n) is 10.6. The van der Waals surface area contributed by atoms with Crippen molar-refractivity contribution in [3.63, 3.8) is 0 Å². The standard InChI is InChI=1S/C14H13Cl2FN2/c1-9(11-5-3-4-6-12(11)16)19(2)14-13(17)7-10(15)8-18-14/h3-9H,1-2H3. The molecule has 0 radical (unpaired) electrons. The Morgan fingerprint density at radius 1 is 1.26 bits per heavy atom. The van der Waals surface area contributed by atoms with Gasteiger partial charge in [0.25, 0.3) is 0 Å². The number of benzene rings is 1. The van der Waals surface area contributed by atoms with Gasteiger partial charge in [0.05, 0.1) is 11.1 Å². The number of aromatic nitrogens is 1. The van der Waals surface area contributed by atoms with Gasteiger partial charge in [0.2, 0.25) is 0 Å². The van der Waals surface area contributed by atoms with E-state index < -0.39 is 5.82 Å². The molecule has 1 aromatic heterocycles. The molecule has 2 aromatic rings. The van der Waals surface area contributed by atoms with Crippen LogP contribution in [0.1, 0.15) is 18.5 Å². The minimum absolute atomic E-state index is 0.100. The Labute approximate surface area is 121 Å². The predicted octanol–water partition coefficient (Wildman–Crippen LogP) is 4.72. The molecule has 0 aliphatic rings. The van der Waals surface area contributed by atoms with Crippen LogP contribution in [0.4, 0.5) is 10.2 Å². The lowest BCUT2D eigenvalue weighted by Gasteiger charge is -2.27. The van der Waals surface area contributed by atoms with Crippen LogP contribution in [0.15, 0.2) is 36.5 Å². The average Bonchev–Trinajstić information content (AvgIpc) is 2.38. The fourth-order valence-electron chi connectivity index (χ4n) is 1.87. The molecule has 0 aliphatic carbocycles. The molecule has 1 unspecified atom stereocenters. The quantitative estimate of drug-likeness (QED) is 0.815. The molecule has 0 aliphatic heterocycles. The van der Waals surface area contributed by atoms with E-state index in [0.29, 0.717) is 5.02 Å². The van der Waals surface area contributed by atoms with Crippen LogP contribution in [-0.4, -0.2) is 12.0 Å². The zero-order valence-corrected chi connectivity index (χ0v) is 12.1. The van der Waals surface area contributed by atoms with Crippen LogP contribution in [-0.2, 0) is 0 Å². The molecule has 5 heteroatoms. The lowest BCUT2D eigenvalue weighted by molar-refractivity contribution is 0.602. The highest BCUT2D eigenvalue weighted by Crippen LogP contribution is 2.30. The third kappa shape index (κ3) is 2.99. The topological polar surface area (TPSA) is 16.1 Å². The van der Waals surface area contributed by atoms with Crippen molar-refractivity contribution in [2.75, 3.05) is 11.9 Å². The smallest absolute Gasteiger partial charge is 0.167 e. The molecular formula is C14H13Cl2FN2. The van der Waals surface area contributed by atoms with E-state index in [1.165, 1.54) is 12.3 Å². The molecule has 0 fully saturated rings. The molecule has 1 heterocycles. The maximum Gasteiger partial charge on any atom is 0.167 e. The van der Waals surface area contributed by atoms with Gasteiger partial charge in [-0.15, -0.1) is 0 Å². The van der Waals surface area contributed by atoms with Crippen LogP contribution >= 0.6 is 23.2 Å². The Balaban J connectivity index is 2.33. The minimum atomic E-state index is -0.450. The molecule has 1 atom stereocenters. The Kier molecular flexibility index (Phi) is 4.27. The van der Waals surface area contributed by atoms with Crippen LogP contribution in [0.25, 0.3) is 0 Å². The van der Waals surface area contributed by atoms with E-state index in [1.54, 1.807) is 11.9 Å². The summed E-state index contributed by atoms with van der Waals surface area (Å²) in [6.07, 6.45) is 1.43. The van der Waals surface area contributed by atoms with Gasteiger partial charge in [-0.3, -0.25) is 0 Å². The van der Waals surface area contributed by atoms with Gasteiger partial charge in [0.15, 0.2) is 11.6 Å².